The summed E-state index contributed by atoms with van der Waals surface area (Å²) in [6, 6.07) is 6.56. The van der Waals surface area contributed by atoms with Gasteiger partial charge in [-0.1, -0.05) is 18.6 Å². The zero-order valence-electron chi connectivity index (χ0n) is 14.8. The molecule has 0 aromatic heterocycles. The van der Waals surface area contributed by atoms with Gasteiger partial charge in [0, 0.05) is 19.0 Å². The number of alkyl halides is 3. The van der Waals surface area contributed by atoms with Crippen molar-refractivity contribution >= 4 is 5.91 Å². The van der Waals surface area contributed by atoms with Gasteiger partial charge in [0.05, 0.1) is 5.92 Å². The number of halogens is 4. The smallest absolute Gasteiger partial charge is 0.342 e. The molecule has 6 heteroatoms. The first-order chi connectivity index (χ1) is 12.3. The van der Waals surface area contributed by atoms with Crippen molar-refractivity contribution in [1.82, 2.24) is 4.90 Å². The molecule has 1 saturated heterocycles. The maximum absolute atomic E-state index is 13.3. The summed E-state index contributed by atoms with van der Waals surface area (Å²) in [4.78, 5) is 14.4. The third-order valence-corrected chi connectivity index (χ3v) is 5.83. The number of benzene rings is 1. The summed E-state index contributed by atoms with van der Waals surface area (Å²) in [5.74, 6) is -1.80. The van der Waals surface area contributed by atoms with E-state index in [0.717, 1.165) is 24.8 Å². The van der Waals surface area contributed by atoms with Gasteiger partial charge >= 0.3 is 6.18 Å². The van der Waals surface area contributed by atoms with Gasteiger partial charge in [0.25, 0.3) is 0 Å². The van der Waals surface area contributed by atoms with Crippen LogP contribution >= 0.6 is 0 Å². The summed E-state index contributed by atoms with van der Waals surface area (Å²) in [7, 11) is 0. The maximum atomic E-state index is 13.3. The van der Waals surface area contributed by atoms with Crippen molar-refractivity contribution < 1.29 is 22.4 Å². The molecule has 0 N–H and O–H groups in total. The van der Waals surface area contributed by atoms with Crippen molar-refractivity contribution in [2.75, 3.05) is 13.1 Å². The fourth-order valence-electron chi connectivity index (χ4n) is 4.32. The molecule has 0 radical (unpaired) electrons. The second kappa shape index (κ2) is 7.97. The predicted octanol–water partition coefficient (Wildman–Crippen LogP) is 4.98. The number of hydrogen-bond acceptors (Lipinski definition) is 1. The van der Waals surface area contributed by atoms with Crippen molar-refractivity contribution in [2.45, 2.75) is 51.1 Å². The minimum Gasteiger partial charge on any atom is -0.342 e. The van der Waals surface area contributed by atoms with Gasteiger partial charge in [-0.3, -0.25) is 4.79 Å². The number of carbonyl (C=O) groups excluding carboxylic acids is 1. The first-order valence-electron chi connectivity index (χ1n) is 9.43. The quantitative estimate of drug-likeness (QED) is 0.687. The number of piperidine rings is 1. The molecule has 3 rings (SSSR count). The monoisotopic (exact) mass is 371 g/mol. The van der Waals surface area contributed by atoms with Crippen LogP contribution in [-0.4, -0.2) is 30.1 Å². The Hall–Kier alpha value is -1.59. The Kier molecular flexibility index (Phi) is 5.88. The van der Waals surface area contributed by atoms with E-state index in [-0.39, 0.29) is 24.6 Å². The molecule has 1 aliphatic heterocycles. The third-order valence-electron chi connectivity index (χ3n) is 5.83. The zero-order valence-corrected chi connectivity index (χ0v) is 14.8. The average Bonchev–Trinajstić information content (AvgIpc) is 2.61. The molecule has 1 heterocycles. The molecule has 2 fully saturated rings. The molecular formula is C20H25F4NO. The van der Waals surface area contributed by atoms with Gasteiger partial charge in [-0.2, -0.15) is 13.2 Å². The zero-order chi connectivity index (χ0) is 18.7. The van der Waals surface area contributed by atoms with Crippen molar-refractivity contribution in [3.05, 3.63) is 35.6 Å². The fourth-order valence-corrected chi connectivity index (χ4v) is 4.32. The molecule has 0 bridgehead atoms. The molecule has 1 aromatic carbocycles. The fraction of sp³-hybridized carbons (Fsp3) is 0.650. The van der Waals surface area contributed by atoms with Gasteiger partial charge in [-0.05, 0) is 62.1 Å². The van der Waals surface area contributed by atoms with Crippen LogP contribution in [0.1, 0.15) is 44.1 Å². The number of amides is 1. The first-order valence-corrected chi connectivity index (χ1v) is 9.43. The van der Waals surface area contributed by atoms with Gasteiger partial charge in [0.15, 0.2) is 0 Å². The molecule has 144 valence electrons. The maximum Gasteiger partial charge on any atom is 0.391 e. The van der Waals surface area contributed by atoms with Gasteiger partial charge in [0.1, 0.15) is 5.82 Å². The van der Waals surface area contributed by atoms with E-state index in [0.29, 0.717) is 31.8 Å². The molecular weight excluding hydrogens is 346 g/mol. The Labute approximate surface area is 151 Å². The van der Waals surface area contributed by atoms with Crippen LogP contribution in [0.4, 0.5) is 17.6 Å². The van der Waals surface area contributed by atoms with E-state index in [1.54, 1.807) is 11.0 Å². The number of rotatable bonds is 3. The van der Waals surface area contributed by atoms with Gasteiger partial charge in [0.2, 0.25) is 5.91 Å². The van der Waals surface area contributed by atoms with Crippen LogP contribution in [0.2, 0.25) is 0 Å². The molecule has 2 nitrogen and oxygen atoms in total. The van der Waals surface area contributed by atoms with Crippen molar-refractivity contribution in [2.24, 2.45) is 17.8 Å². The highest BCUT2D eigenvalue weighted by atomic mass is 19.4. The van der Waals surface area contributed by atoms with Crippen LogP contribution in [0.25, 0.3) is 0 Å². The number of carbonyl (C=O) groups is 1. The Morgan fingerprint density at radius 3 is 2.50 bits per heavy atom. The lowest BCUT2D eigenvalue weighted by Crippen LogP contribution is -2.44. The van der Waals surface area contributed by atoms with E-state index in [2.05, 4.69) is 0 Å². The van der Waals surface area contributed by atoms with Crippen LogP contribution in [0.3, 0.4) is 0 Å². The molecule has 1 aromatic rings. The normalized spacial score (nSPS) is 25.3. The topological polar surface area (TPSA) is 20.3 Å². The summed E-state index contributed by atoms with van der Waals surface area (Å²) in [5, 5.41) is 0. The highest BCUT2D eigenvalue weighted by molar-refractivity contribution is 5.79. The number of likely N-dealkylation sites (tertiary alicyclic amines) is 1. The summed E-state index contributed by atoms with van der Waals surface area (Å²) in [6.45, 7) is 1.18. The van der Waals surface area contributed by atoms with Crippen molar-refractivity contribution in [1.29, 1.82) is 0 Å². The van der Waals surface area contributed by atoms with Crippen LogP contribution in [0, 0.1) is 23.6 Å². The van der Waals surface area contributed by atoms with E-state index in [1.807, 2.05) is 6.07 Å². The molecule has 26 heavy (non-hydrogen) atoms. The molecule has 1 saturated carbocycles. The average molecular weight is 371 g/mol. The van der Waals surface area contributed by atoms with E-state index < -0.39 is 18.0 Å². The Morgan fingerprint density at radius 2 is 1.85 bits per heavy atom. The van der Waals surface area contributed by atoms with E-state index in [1.165, 1.54) is 12.1 Å². The lowest BCUT2D eigenvalue weighted by molar-refractivity contribution is -0.187. The van der Waals surface area contributed by atoms with Crippen molar-refractivity contribution in [3.8, 4) is 0 Å². The largest absolute Gasteiger partial charge is 0.391 e. The van der Waals surface area contributed by atoms with Gasteiger partial charge < -0.3 is 4.90 Å². The summed E-state index contributed by atoms with van der Waals surface area (Å²) in [5.41, 5.74) is 0.954. The first kappa shape index (κ1) is 19.2. The highest BCUT2D eigenvalue weighted by Crippen LogP contribution is 2.40. The lowest BCUT2D eigenvalue weighted by Gasteiger charge is -2.37. The standard InChI is InChI=1S/C20H25F4NO/c21-18-6-1-3-15(12-18)11-14-7-9-25(10-8-14)19(26)16-4-2-5-17(13-16)20(22,23)24/h1,3,6,12,14,16-17H,2,4-5,7-11,13H2. The number of nitrogens with zero attached hydrogens (tertiary/aromatic N) is 1. The minimum atomic E-state index is -4.20. The van der Waals surface area contributed by atoms with Crippen LogP contribution in [0.15, 0.2) is 24.3 Å². The molecule has 1 aliphatic carbocycles. The number of hydrogen-bond donors (Lipinski definition) is 0. The Morgan fingerprint density at radius 1 is 1.12 bits per heavy atom. The lowest BCUT2D eigenvalue weighted by atomic mass is 9.80. The van der Waals surface area contributed by atoms with Gasteiger partial charge in [-0.25, -0.2) is 4.39 Å². The molecule has 0 spiro atoms. The summed E-state index contributed by atoms with van der Waals surface area (Å²) in [6.07, 6.45) is -0.675. The minimum absolute atomic E-state index is 0.0639. The summed E-state index contributed by atoms with van der Waals surface area (Å²) >= 11 is 0. The molecule has 1 amide bonds. The van der Waals surface area contributed by atoms with E-state index >= 15 is 0 Å². The van der Waals surface area contributed by atoms with Gasteiger partial charge in [-0.15, -0.1) is 0 Å². The molecule has 2 atom stereocenters. The van der Waals surface area contributed by atoms with Crippen LogP contribution in [-0.2, 0) is 11.2 Å². The predicted molar refractivity (Wildman–Crippen MR) is 90.9 cm³/mol. The van der Waals surface area contributed by atoms with Crippen molar-refractivity contribution in [3.63, 3.8) is 0 Å². The second-order valence-corrected chi connectivity index (χ2v) is 7.70. The van der Waals surface area contributed by atoms with Crippen LogP contribution in [0.5, 0.6) is 0 Å². The Balaban J connectivity index is 1.50. The molecule has 2 unspecified atom stereocenters. The van der Waals surface area contributed by atoms with E-state index in [4.69, 9.17) is 0 Å². The second-order valence-electron chi connectivity index (χ2n) is 7.70. The van der Waals surface area contributed by atoms with E-state index in [9.17, 15) is 22.4 Å². The molecule has 2 aliphatic rings. The Bertz CT molecular complexity index is 622. The highest BCUT2D eigenvalue weighted by Gasteiger charge is 2.44. The summed E-state index contributed by atoms with van der Waals surface area (Å²) < 4.78 is 52.1. The third kappa shape index (κ3) is 4.77. The SMILES string of the molecule is O=C(C1CCCC(C(F)(F)F)C1)N1CCC(Cc2cccc(F)c2)CC1. The van der Waals surface area contributed by atoms with Crippen LogP contribution < -0.4 is 0 Å².